The van der Waals surface area contributed by atoms with Gasteiger partial charge in [-0.2, -0.15) is 31.3 Å². The summed E-state index contributed by atoms with van der Waals surface area (Å²) in [6.45, 7) is 2.48. The first kappa shape index (κ1) is 25.8. The molecule has 4 heterocycles. The van der Waals surface area contributed by atoms with E-state index in [2.05, 4.69) is 15.4 Å². The van der Waals surface area contributed by atoms with Crippen LogP contribution in [0.5, 0.6) is 0 Å². The van der Waals surface area contributed by atoms with E-state index in [1.807, 2.05) is 9.80 Å². The van der Waals surface area contributed by atoms with Gasteiger partial charge in [-0.3, -0.25) is 4.98 Å². The minimum atomic E-state index is -4.49. The molecule has 208 valence electrons. The summed E-state index contributed by atoms with van der Waals surface area (Å²) in [6, 6.07) is 7.87. The number of alkyl halides is 6. The fraction of sp³-hybridized carbons (Fsp3) is 0.500. The maximum Gasteiger partial charge on any atom is 0.433 e. The minimum Gasteiger partial charge on any atom is -0.371 e. The van der Waals surface area contributed by atoms with Crippen LogP contribution in [-0.4, -0.2) is 45.4 Å². The standard InChI is InChI=1S/C26H27F6N7/c27-25(28,29)18-5-7-19(8-6-18)38-11-1-2-12-39-24(38)35-23(36-39)34-22-16-3-4-17(22)15-37(14-16)20-9-10-33-21(13-20)26(30,31)32/h5-10,13,16-17,22H,1-4,11-12,14-15H2,(H,34,36)/t16-,17+,22?. The molecule has 13 heteroatoms. The Hall–Kier alpha value is -3.51. The number of fused-ring (bicyclic) bond motifs is 3. The maximum absolute atomic E-state index is 13.2. The van der Waals surface area contributed by atoms with Crippen molar-refractivity contribution in [2.24, 2.45) is 11.8 Å². The van der Waals surface area contributed by atoms with Crippen LogP contribution < -0.4 is 15.1 Å². The highest BCUT2D eigenvalue weighted by Crippen LogP contribution is 2.41. The third kappa shape index (κ3) is 5.10. The number of aromatic nitrogens is 4. The van der Waals surface area contributed by atoms with Crippen LogP contribution in [0, 0.1) is 11.8 Å². The molecular weight excluding hydrogens is 524 g/mol. The Balaban J connectivity index is 1.19. The lowest BCUT2D eigenvalue weighted by Crippen LogP contribution is -2.48. The Morgan fingerprint density at radius 3 is 2.18 bits per heavy atom. The van der Waals surface area contributed by atoms with Gasteiger partial charge in [0.2, 0.25) is 11.9 Å². The number of halogens is 6. The molecule has 3 aromatic rings. The van der Waals surface area contributed by atoms with Crippen molar-refractivity contribution in [2.75, 3.05) is 34.8 Å². The summed E-state index contributed by atoms with van der Waals surface area (Å²) in [7, 11) is 0. The number of hydrogen-bond acceptors (Lipinski definition) is 6. The molecule has 39 heavy (non-hydrogen) atoms. The molecule has 1 aromatic carbocycles. The van der Waals surface area contributed by atoms with E-state index < -0.39 is 23.6 Å². The van der Waals surface area contributed by atoms with Crippen LogP contribution in [0.4, 0.5) is 49.6 Å². The first-order valence-corrected chi connectivity index (χ1v) is 13.0. The van der Waals surface area contributed by atoms with E-state index in [1.54, 1.807) is 10.7 Å². The molecule has 2 aromatic heterocycles. The van der Waals surface area contributed by atoms with Crippen molar-refractivity contribution in [1.29, 1.82) is 0 Å². The molecule has 1 N–H and O–H groups in total. The number of piperidine rings is 1. The molecule has 1 saturated carbocycles. The zero-order valence-corrected chi connectivity index (χ0v) is 20.9. The predicted octanol–water partition coefficient (Wildman–Crippen LogP) is 5.97. The Labute approximate surface area is 220 Å². The largest absolute Gasteiger partial charge is 0.433 e. The topological polar surface area (TPSA) is 62.1 Å². The highest BCUT2D eigenvalue weighted by molar-refractivity contribution is 5.59. The SMILES string of the molecule is FC(F)(F)c1ccc(N2CCCCn3nc(NC4[C@@H]5CC[C@H]4CN(c4ccnc(C(F)(F)F)c4)C5)nc32)cc1. The van der Waals surface area contributed by atoms with Gasteiger partial charge in [-0.15, -0.1) is 5.10 Å². The molecule has 2 bridgehead atoms. The molecule has 3 atom stereocenters. The molecule has 0 radical (unpaired) electrons. The zero-order chi connectivity index (χ0) is 27.4. The third-order valence-corrected chi connectivity index (χ3v) is 7.93. The Morgan fingerprint density at radius 2 is 1.51 bits per heavy atom. The van der Waals surface area contributed by atoms with Crippen LogP contribution in [-0.2, 0) is 18.9 Å². The predicted molar refractivity (Wildman–Crippen MR) is 133 cm³/mol. The quantitative estimate of drug-likeness (QED) is 0.404. The molecule has 0 amide bonds. The van der Waals surface area contributed by atoms with Crippen LogP contribution in [0.1, 0.15) is 36.9 Å². The van der Waals surface area contributed by atoms with E-state index in [0.717, 1.165) is 43.9 Å². The summed E-state index contributed by atoms with van der Waals surface area (Å²) in [4.78, 5) is 12.1. The molecule has 1 aliphatic carbocycles. The molecule has 3 aliphatic rings. The molecule has 7 nitrogen and oxygen atoms in total. The van der Waals surface area contributed by atoms with Gasteiger partial charge in [0, 0.05) is 49.8 Å². The van der Waals surface area contributed by atoms with Gasteiger partial charge in [-0.1, -0.05) is 0 Å². The highest BCUT2D eigenvalue weighted by atomic mass is 19.4. The van der Waals surface area contributed by atoms with Crippen LogP contribution in [0.2, 0.25) is 0 Å². The van der Waals surface area contributed by atoms with Crippen LogP contribution in [0.15, 0.2) is 42.6 Å². The summed E-state index contributed by atoms with van der Waals surface area (Å²) in [5.41, 5.74) is -0.456. The smallest absolute Gasteiger partial charge is 0.371 e. The lowest BCUT2D eigenvalue weighted by Gasteiger charge is -2.39. The monoisotopic (exact) mass is 551 g/mol. The Bertz CT molecular complexity index is 1310. The third-order valence-electron chi connectivity index (χ3n) is 7.93. The van der Waals surface area contributed by atoms with Gasteiger partial charge in [0.05, 0.1) is 5.56 Å². The Kier molecular flexibility index (Phi) is 6.34. The average molecular weight is 552 g/mol. The normalized spacial score (nSPS) is 23.5. The van der Waals surface area contributed by atoms with E-state index >= 15 is 0 Å². The fourth-order valence-electron chi connectivity index (χ4n) is 6.04. The van der Waals surface area contributed by atoms with Gasteiger partial charge in [0.25, 0.3) is 0 Å². The molecule has 0 spiro atoms. The fourth-order valence-corrected chi connectivity index (χ4v) is 6.04. The molecule has 6 rings (SSSR count). The van der Waals surface area contributed by atoms with Gasteiger partial charge in [-0.05, 0) is 73.9 Å². The lowest BCUT2D eigenvalue weighted by molar-refractivity contribution is -0.141. The maximum atomic E-state index is 13.2. The van der Waals surface area contributed by atoms with Crippen molar-refractivity contribution < 1.29 is 26.3 Å². The molecule has 2 fully saturated rings. The second-order valence-electron chi connectivity index (χ2n) is 10.4. The van der Waals surface area contributed by atoms with E-state index in [0.29, 0.717) is 49.5 Å². The van der Waals surface area contributed by atoms with E-state index in [4.69, 9.17) is 4.98 Å². The molecular formula is C26H27F6N7. The number of nitrogens with zero attached hydrogens (tertiary/aromatic N) is 6. The number of nitrogens with one attached hydrogen (secondary N) is 1. The number of anilines is 4. The summed E-state index contributed by atoms with van der Waals surface area (Å²) in [5.74, 6) is 1.46. The zero-order valence-electron chi connectivity index (χ0n) is 20.9. The molecule has 1 saturated heterocycles. The summed E-state index contributed by atoms with van der Waals surface area (Å²) in [6.07, 6.45) is -4.09. The van der Waals surface area contributed by atoms with Crippen molar-refractivity contribution in [3.63, 3.8) is 0 Å². The van der Waals surface area contributed by atoms with Gasteiger partial charge in [0.15, 0.2) is 0 Å². The number of pyridine rings is 1. The summed E-state index contributed by atoms with van der Waals surface area (Å²) in [5, 5.41) is 8.17. The van der Waals surface area contributed by atoms with Gasteiger partial charge in [0.1, 0.15) is 5.69 Å². The first-order valence-electron chi connectivity index (χ1n) is 13.0. The average Bonchev–Trinajstić information content (AvgIpc) is 3.30. The van der Waals surface area contributed by atoms with Crippen molar-refractivity contribution in [1.82, 2.24) is 19.7 Å². The first-order chi connectivity index (χ1) is 18.6. The highest BCUT2D eigenvalue weighted by Gasteiger charge is 2.43. The summed E-state index contributed by atoms with van der Waals surface area (Å²) < 4.78 is 80.5. The van der Waals surface area contributed by atoms with E-state index in [1.165, 1.54) is 18.3 Å². The van der Waals surface area contributed by atoms with Crippen LogP contribution in [0.3, 0.4) is 0 Å². The molecule has 2 aliphatic heterocycles. The minimum absolute atomic E-state index is 0.0799. The number of aryl methyl sites for hydroxylation is 1. The van der Waals surface area contributed by atoms with Gasteiger partial charge >= 0.3 is 12.4 Å². The van der Waals surface area contributed by atoms with Crippen LogP contribution >= 0.6 is 0 Å². The van der Waals surface area contributed by atoms with E-state index in [9.17, 15) is 26.3 Å². The van der Waals surface area contributed by atoms with Crippen molar-refractivity contribution in [3.05, 3.63) is 53.9 Å². The number of hydrogen-bond donors (Lipinski definition) is 1. The molecule has 1 unspecified atom stereocenters. The second-order valence-corrected chi connectivity index (χ2v) is 10.4. The Morgan fingerprint density at radius 1 is 0.821 bits per heavy atom. The van der Waals surface area contributed by atoms with Gasteiger partial charge in [-0.25, -0.2) is 4.68 Å². The van der Waals surface area contributed by atoms with Crippen molar-refractivity contribution in [2.45, 2.75) is 50.6 Å². The number of benzene rings is 1. The number of rotatable bonds is 4. The summed E-state index contributed by atoms with van der Waals surface area (Å²) >= 11 is 0. The van der Waals surface area contributed by atoms with Crippen molar-refractivity contribution in [3.8, 4) is 0 Å². The van der Waals surface area contributed by atoms with Gasteiger partial charge < -0.3 is 15.1 Å². The van der Waals surface area contributed by atoms with Crippen molar-refractivity contribution >= 4 is 23.3 Å². The van der Waals surface area contributed by atoms with Crippen LogP contribution in [0.25, 0.3) is 0 Å². The van der Waals surface area contributed by atoms with E-state index in [-0.39, 0.29) is 17.9 Å². The lowest BCUT2D eigenvalue weighted by atomic mass is 9.92. The second kappa shape index (κ2) is 9.60.